The molecule has 0 amide bonds. The summed E-state index contributed by atoms with van der Waals surface area (Å²) in [6, 6.07) is 8.65. The van der Waals surface area contributed by atoms with E-state index in [0.717, 1.165) is 19.6 Å². The molecular formula is C16H27NO. The van der Waals surface area contributed by atoms with Crippen LogP contribution >= 0.6 is 0 Å². The maximum Gasteiger partial charge on any atom is 0.0468 e. The van der Waals surface area contributed by atoms with E-state index in [1.54, 1.807) is 7.11 Å². The predicted molar refractivity (Wildman–Crippen MR) is 78.2 cm³/mol. The second-order valence-electron chi connectivity index (χ2n) is 5.97. The maximum absolute atomic E-state index is 5.24. The summed E-state index contributed by atoms with van der Waals surface area (Å²) in [4.78, 5) is 0. The minimum atomic E-state index is 0.161. The smallest absolute Gasteiger partial charge is 0.0468 e. The van der Waals surface area contributed by atoms with E-state index < -0.39 is 0 Å². The zero-order valence-electron chi connectivity index (χ0n) is 12.4. The molecule has 0 heterocycles. The predicted octanol–water partition coefficient (Wildman–Crippen LogP) is 3.50. The van der Waals surface area contributed by atoms with Crippen molar-refractivity contribution in [3.8, 4) is 0 Å². The Morgan fingerprint density at radius 2 is 1.89 bits per heavy atom. The van der Waals surface area contributed by atoms with Gasteiger partial charge >= 0.3 is 0 Å². The Morgan fingerprint density at radius 1 is 1.22 bits per heavy atom. The molecule has 1 aromatic rings. The van der Waals surface area contributed by atoms with Crippen LogP contribution in [-0.2, 0) is 4.74 Å². The van der Waals surface area contributed by atoms with Gasteiger partial charge in [-0.15, -0.1) is 0 Å². The lowest BCUT2D eigenvalue weighted by atomic mass is 9.91. The molecule has 18 heavy (non-hydrogen) atoms. The second kappa shape index (κ2) is 6.91. The SMILES string of the molecule is COCCC(CNC(C)(C)C)c1ccccc1C. The molecule has 2 heteroatoms. The van der Waals surface area contributed by atoms with E-state index in [2.05, 4.69) is 57.3 Å². The number of methoxy groups -OCH3 is 1. The fourth-order valence-corrected chi connectivity index (χ4v) is 2.10. The number of nitrogens with one attached hydrogen (secondary N) is 1. The van der Waals surface area contributed by atoms with Gasteiger partial charge in [0.25, 0.3) is 0 Å². The molecule has 1 N–H and O–H groups in total. The van der Waals surface area contributed by atoms with E-state index in [4.69, 9.17) is 4.74 Å². The van der Waals surface area contributed by atoms with Crippen molar-refractivity contribution in [1.82, 2.24) is 5.32 Å². The van der Waals surface area contributed by atoms with Gasteiger partial charge in [-0.1, -0.05) is 24.3 Å². The Hall–Kier alpha value is -0.860. The van der Waals surface area contributed by atoms with Crippen molar-refractivity contribution in [2.24, 2.45) is 0 Å². The summed E-state index contributed by atoms with van der Waals surface area (Å²) in [6.45, 7) is 10.6. The molecule has 0 aromatic heterocycles. The fraction of sp³-hybridized carbons (Fsp3) is 0.625. The lowest BCUT2D eigenvalue weighted by molar-refractivity contribution is 0.185. The Kier molecular flexibility index (Phi) is 5.83. The topological polar surface area (TPSA) is 21.3 Å². The van der Waals surface area contributed by atoms with E-state index in [1.165, 1.54) is 11.1 Å². The second-order valence-corrected chi connectivity index (χ2v) is 5.97. The highest BCUT2D eigenvalue weighted by atomic mass is 16.5. The molecule has 1 unspecified atom stereocenters. The molecule has 0 saturated heterocycles. The Morgan fingerprint density at radius 3 is 2.44 bits per heavy atom. The molecule has 0 aliphatic heterocycles. The van der Waals surface area contributed by atoms with Crippen molar-refractivity contribution in [2.45, 2.75) is 45.6 Å². The van der Waals surface area contributed by atoms with Crippen LogP contribution in [0.1, 0.15) is 44.2 Å². The van der Waals surface area contributed by atoms with Crippen molar-refractivity contribution in [1.29, 1.82) is 0 Å². The summed E-state index contributed by atoms with van der Waals surface area (Å²) in [6.07, 6.45) is 1.06. The minimum Gasteiger partial charge on any atom is -0.385 e. The van der Waals surface area contributed by atoms with Crippen LogP contribution in [0.2, 0.25) is 0 Å². The number of rotatable bonds is 6. The van der Waals surface area contributed by atoms with Gasteiger partial charge in [-0.2, -0.15) is 0 Å². The average Bonchev–Trinajstić information content (AvgIpc) is 2.29. The largest absolute Gasteiger partial charge is 0.385 e. The van der Waals surface area contributed by atoms with Crippen LogP contribution in [0.15, 0.2) is 24.3 Å². The van der Waals surface area contributed by atoms with Gasteiger partial charge in [0.05, 0.1) is 0 Å². The van der Waals surface area contributed by atoms with Gasteiger partial charge in [0.15, 0.2) is 0 Å². The number of benzene rings is 1. The molecule has 1 atom stereocenters. The van der Waals surface area contributed by atoms with E-state index in [1.807, 2.05) is 0 Å². The normalized spacial score (nSPS) is 13.6. The Balaban J connectivity index is 2.75. The number of hydrogen-bond acceptors (Lipinski definition) is 2. The van der Waals surface area contributed by atoms with Gasteiger partial charge in [0, 0.05) is 25.8 Å². The third-order valence-electron chi connectivity index (χ3n) is 3.18. The van der Waals surface area contributed by atoms with Crippen LogP contribution in [-0.4, -0.2) is 25.8 Å². The first-order valence-corrected chi connectivity index (χ1v) is 6.73. The molecule has 0 fully saturated rings. The van der Waals surface area contributed by atoms with Gasteiger partial charge < -0.3 is 10.1 Å². The summed E-state index contributed by atoms with van der Waals surface area (Å²) >= 11 is 0. The first-order valence-electron chi connectivity index (χ1n) is 6.73. The first-order chi connectivity index (χ1) is 8.44. The lowest BCUT2D eigenvalue weighted by Gasteiger charge is -2.26. The van der Waals surface area contributed by atoms with Crippen molar-refractivity contribution >= 4 is 0 Å². The standard InChI is InChI=1S/C16H27NO/c1-13-8-6-7-9-15(13)14(10-11-18-5)12-17-16(2,3)4/h6-9,14,17H,10-12H2,1-5H3. The van der Waals surface area contributed by atoms with Crippen molar-refractivity contribution in [3.05, 3.63) is 35.4 Å². The average molecular weight is 249 g/mol. The van der Waals surface area contributed by atoms with Crippen LogP contribution in [0.3, 0.4) is 0 Å². The van der Waals surface area contributed by atoms with Gasteiger partial charge in [0.2, 0.25) is 0 Å². The summed E-state index contributed by atoms with van der Waals surface area (Å²) in [5.41, 5.74) is 2.97. The molecule has 1 rings (SSSR count). The van der Waals surface area contributed by atoms with E-state index in [9.17, 15) is 0 Å². The Bertz CT molecular complexity index is 354. The molecule has 0 radical (unpaired) electrons. The molecule has 1 aromatic carbocycles. The molecule has 0 aliphatic carbocycles. The summed E-state index contributed by atoms with van der Waals surface area (Å²) in [5, 5.41) is 3.60. The van der Waals surface area contributed by atoms with Gasteiger partial charge in [-0.05, 0) is 51.2 Å². The number of aryl methyl sites for hydroxylation is 1. The minimum absolute atomic E-state index is 0.161. The highest BCUT2D eigenvalue weighted by Crippen LogP contribution is 2.23. The quantitative estimate of drug-likeness (QED) is 0.833. The lowest BCUT2D eigenvalue weighted by Crippen LogP contribution is -2.38. The molecule has 0 spiro atoms. The maximum atomic E-state index is 5.24. The molecule has 102 valence electrons. The molecule has 0 saturated carbocycles. The molecule has 2 nitrogen and oxygen atoms in total. The van der Waals surface area contributed by atoms with Gasteiger partial charge in [0.1, 0.15) is 0 Å². The molecule has 0 bridgehead atoms. The van der Waals surface area contributed by atoms with Crippen LogP contribution in [0.25, 0.3) is 0 Å². The van der Waals surface area contributed by atoms with Crippen LogP contribution < -0.4 is 5.32 Å². The molecular weight excluding hydrogens is 222 g/mol. The van der Waals surface area contributed by atoms with E-state index in [0.29, 0.717) is 5.92 Å². The third kappa shape index (κ3) is 5.19. The third-order valence-corrected chi connectivity index (χ3v) is 3.18. The van der Waals surface area contributed by atoms with Crippen LogP contribution in [0.5, 0.6) is 0 Å². The van der Waals surface area contributed by atoms with Crippen LogP contribution in [0.4, 0.5) is 0 Å². The van der Waals surface area contributed by atoms with Crippen molar-refractivity contribution in [3.63, 3.8) is 0 Å². The first kappa shape index (κ1) is 15.2. The number of ether oxygens (including phenoxy) is 1. The van der Waals surface area contributed by atoms with Crippen molar-refractivity contribution < 1.29 is 4.74 Å². The Labute approximate surface area is 112 Å². The number of hydrogen-bond donors (Lipinski definition) is 1. The van der Waals surface area contributed by atoms with E-state index in [-0.39, 0.29) is 5.54 Å². The fourth-order valence-electron chi connectivity index (χ4n) is 2.10. The zero-order chi connectivity index (χ0) is 13.6. The van der Waals surface area contributed by atoms with Gasteiger partial charge in [-0.25, -0.2) is 0 Å². The highest BCUT2D eigenvalue weighted by Gasteiger charge is 2.17. The van der Waals surface area contributed by atoms with Crippen LogP contribution in [0, 0.1) is 6.92 Å². The summed E-state index contributed by atoms with van der Waals surface area (Å²) in [7, 11) is 1.77. The summed E-state index contributed by atoms with van der Waals surface area (Å²) < 4.78 is 5.24. The summed E-state index contributed by atoms with van der Waals surface area (Å²) in [5.74, 6) is 0.519. The monoisotopic (exact) mass is 249 g/mol. The van der Waals surface area contributed by atoms with E-state index >= 15 is 0 Å². The zero-order valence-corrected chi connectivity index (χ0v) is 12.4. The highest BCUT2D eigenvalue weighted by molar-refractivity contribution is 5.29. The van der Waals surface area contributed by atoms with Gasteiger partial charge in [-0.3, -0.25) is 0 Å². The molecule has 0 aliphatic rings. The van der Waals surface area contributed by atoms with Crippen molar-refractivity contribution in [2.75, 3.05) is 20.3 Å².